The number of rotatable bonds is 8. The van der Waals surface area contributed by atoms with Gasteiger partial charge in [0, 0.05) is 49.0 Å². The third-order valence-corrected chi connectivity index (χ3v) is 9.14. The quantitative estimate of drug-likeness (QED) is 0.291. The van der Waals surface area contributed by atoms with Crippen molar-refractivity contribution in [3.05, 3.63) is 47.0 Å². The van der Waals surface area contributed by atoms with Gasteiger partial charge in [-0.25, -0.2) is 4.79 Å². The molecule has 186 valence electrons. The zero-order valence-electron chi connectivity index (χ0n) is 20.6. The first-order chi connectivity index (χ1) is 16.9. The van der Waals surface area contributed by atoms with Crippen LogP contribution in [-0.4, -0.2) is 33.7 Å². The van der Waals surface area contributed by atoms with Gasteiger partial charge >= 0.3 is 6.09 Å². The number of amides is 1. The fourth-order valence-electron chi connectivity index (χ4n) is 4.55. The Hall–Kier alpha value is -2.45. The third kappa shape index (κ3) is 6.41. The third-order valence-electron chi connectivity index (χ3n) is 6.46. The number of ether oxygens (including phenoxy) is 1. The van der Waals surface area contributed by atoms with E-state index in [-0.39, 0.29) is 18.2 Å². The van der Waals surface area contributed by atoms with Gasteiger partial charge in [-0.15, -0.1) is 23.1 Å². The first kappa shape index (κ1) is 24.3. The monoisotopic (exact) mass is 510 g/mol. The highest BCUT2D eigenvalue weighted by molar-refractivity contribution is 8.00. The molecule has 0 saturated heterocycles. The topological polar surface area (TPSA) is 79.0 Å². The van der Waals surface area contributed by atoms with Crippen molar-refractivity contribution < 1.29 is 9.53 Å². The van der Waals surface area contributed by atoms with Crippen molar-refractivity contribution in [1.29, 1.82) is 0 Å². The Balaban J connectivity index is 1.26. The fraction of sp³-hybridized carbons (Fsp3) is 0.481. The van der Waals surface area contributed by atoms with E-state index in [0.29, 0.717) is 5.92 Å². The smallest absolute Gasteiger partial charge is 0.407 e. The van der Waals surface area contributed by atoms with Crippen LogP contribution < -0.4 is 10.6 Å². The number of nitrogens with zero attached hydrogens (tertiary/aromatic N) is 1. The van der Waals surface area contributed by atoms with E-state index in [9.17, 15) is 4.79 Å². The van der Waals surface area contributed by atoms with Crippen molar-refractivity contribution in [2.75, 3.05) is 5.32 Å². The van der Waals surface area contributed by atoms with Gasteiger partial charge in [-0.05, 0) is 89.5 Å². The molecular formula is C27H34N4O2S2. The second-order valence-corrected chi connectivity index (χ2v) is 12.4. The number of thioether (sulfide) groups is 1. The highest BCUT2D eigenvalue weighted by atomic mass is 32.2. The molecule has 0 bridgehead atoms. The second kappa shape index (κ2) is 10.7. The summed E-state index contributed by atoms with van der Waals surface area (Å²) in [5, 5.41) is 14.5. The Kier molecular flexibility index (Phi) is 7.39. The van der Waals surface area contributed by atoms with Gasteiger partial charge in [-0.2, -0.15) is 5.10 Å². The van der Waals surface area contributed by atoms with Gasteiger partial charge in [0.1, 0.15) is 0 Å². The van der Waals surface area contributed by atoms with Crippen LogP contribution in [0.3, 0.4) is 0 Å². The molecule has 2 aromatic heterocycles. The largest absolute Gasteiger partial charge is 0.447 e. The molecule has 3 aromatic rings. The normalized spacial score (nSPS) is 20.1. The predicted octanol–water partition coefficient (Wildman–Crippen LogP) is 7.61. The van der Waals surface area contributed by atoms with Crippen molar-refractivity contribution >= 4 is 40.7 Å². The summed E-state index contributed by atoms with van der Waals surface area (Å²) in [6, 6.07) is 13.5. The number of aromatic nitrogens is 2. The predicted molar refractivity (Wildman–Crippen MR) is 145 cm³/mol. The molecule has 8 heteroatoms. The van der Waals surface area contributed by atoms with Crippen LogP contribution in [0, 0.1) is 6.92 Å². The number of hydrogen-bond acceptors (Lipinski definition) is 6. The molecule has 2 heterocycles. The van der Waals surface area contributed by atoms with Crippen LogP contribution in [0.4, 0.5) is 16.3 Å². The molecule has 0 aliphatic heterocycles. The standard InChI is InChI=1S/C27H34N4O2S2/c1-16(2)33-27(32)29-19-6-4-18(5-7-19)23-12-13-24(35-23)22-11-8-20(15-25(22)34-21-9-10-21)28-26-14-17(3)30-31-26/h8,11-16,18-19,21H,4-7,9-10H2,1-3H3,(H,29,32)(H2,28,30,31). The van der Waals surface area contributed by atoms with Crippen LogP contribution in [0.2, 0.25) is 0 Å². The van der Waals surface area contributed by atoms with Crippen LogP contribution in [0.25, 0.3) is 10.4 Å². The lowest BCUT2D eigenvalue weighted by molar-refractivity contribution is 0.109. The molecule has 0 spiro atoms. The van der Waals surface area contributed by atoms with E-state index < -0.39 is 0 Å². The van der Waals surface area contributed by atoms with Gasteiger partial charge < -0.3 is 15.4 Å². The number of thiophene rings is 1. The van der Waals surface area contributed by atoms with Gasteiger partial charge in [-0.1, -0.05) is 6.07 Å². The van der Waals surface area contributed by atoms with Gasteiger partial charge in [-0.3, -0.25) is 5.10 Å². The van der Waals surface area contributed by atoms with Crippen molar-refractivity contribution in [2.45, 2.75) is 87.5 Å². The van der Waals surface area contributed by atoms with Gasteiger partial charge in [0.2, 0.25) is 0 Å². The van der Waals surface area contributed by atoms with Crippen molar-refractivity contribution in [3.8, 4) is 10.4 Å². The van der Waals surface area contributed by atoms with E-state index in [0.717, 1.165) is 48.1 Å². The molecule has 2 fully saturated rings. The van der Waals surface area contributed by atoms with Crippen molar-refractivity contribution in [3.63, 3.8) is 0 Å². The molecule has 0 radical (unpaired) electrons. The Labute approximate surface area is 215 Å². The van der Waals surface area contributed by atoms with Crippen LogP contribution >= 0.6 is 23.1 Å². The first-order valence-corrected chi connectivity index (χ1v) is 14.3. The number of H-pyrrole nitrogens is 1. The number of anilines is 2. The fourth-order valence-corrected chi connectivity index (χ4v) is 7.06. The number of aromatic amines is 1. The lowest BCUT2D eigenvalue weighted by atomic mass is 9.85. The second-order valence-electron chi connectivity index (χ2n) is 9.94. The summed E-state index contributed by atoms with van der Waals surface area (Å²) in [5.41, 5.74) is 3.44. The minimum absolute atomic E-state index is 0.0850. The molecule has 1 aromatic carbocycles. The zero-order chi connectivity index (χ0) is 24.4. The Morgan fingerprint density at radius 1 is 1.11 bits per heavy atom. The Morgan fingerprint density at radius 2 is 1.91 bits per heavy atom. The summed E-state index contributed by atoms with van der Waals surface area (Å²) in [7, 11) is 0. The van der Waals surface area contributed by atoms with Gasteiger partial charge in [0.15, 0.2) is 5.82 Å². The van der Waals surface area contributed by atoms with Gasteiger partial charge in [0.05, 0.1) is 6.10 Å². The minimum Gasteiger partial charge on any atom is -0.447 e. The first-order valence-electron chi connectivity index (χ1n) is 12.6. The molecule has 3 N–H and O–H groups in total. The molecule has 6 nitrogen and oxygen atoms in total. The summed E-state index contributed by atoms with van der Waals surface area (Å²) in [6.45, 7) is 5.76. The average molecular weight is 511 g/mol. The molecule has 5 rings (SSSR count). The lowest BCUT2D eigenvalue weighted by Crippen LogP contribution is -2.38. The maximum atomic E-state index is 11.9. The maximum Gasteiger partial charge on any atom is 0.407 e. The van der Waals surface area contributed by atoms with Crippen LogP contribution in [0.1, 0.15) is 68.9 Å². The summed E-state index contributed by atoms with van der Waals surface area (Å²) in [6.07, 6.45) is 6.43. The van der Waals surface area contributed by atoms with Crippen LogP contribution in [0.5, 0.6) is 0 Å². The Morgan fingerprint density at radius 3 is 2.60 bits per heavy atom. The highest BCUT2D eigenvalue weighted by Gasteiger charge is 2.27. The number of hydrogen-bond donors (Lipinski definition) is 3. The summed E-state index contributed by atoms with van der Waals surface area (Å²) < 4.78 is 5.24. The van der Waals surface area contributed by atoms with Crippen molar-refractivity contribution in [2.24, 2.45) is 0 Å². The van der Waals surface area contributed by atoms with E-state index in [1.165, 1.54) is 33.1 Å². The molecule has 0 atom stereocenters. The van der Waals surface area contributed by atoms with Gasteiger partial charge in [0.25, 0.3) is 0 Å². The summed E-state index contributed by atoms with van der Waals surface area (Å²) in [5.74, 6) is 1.41. The molecule has 2 saturated carbocycles. The highest BCUT2D eigenvalue weighted by Crippen LogP contribution is 2.46. The van der Waals surface area contributed by atoms with E-state index in [2.05, 4.69) is 51.2 Å². The van der Waals surface area contributed by atoms with E-state index >= 15 is 0 Å². The number of alkyl carbamates (subject to hydrolysis) is 1. The van der Waals surface area contributed by atoms with E-state index in [4.69, 9.17) is 4.74 Å². The van der Waals surface area contributed by atoms with Crippen LogP contribution in [0.15, 0.2) is 41.3 Å². The molecular weight excluding hydrogens is 476 g/mol. The lowest BCUT2D eigenvalue weighted by Gasteiger charge is -2.28. The molecule has 2 aliphatic rings. The van der Waals surface area contributed by atoms with E-state index in [1.807, 2.05) is 49.9 Å². The van der Waals surface area contributed by atoms with Crippen LogP contribution in [-0.2, 0) is 4.74 Å². The number of nitrogens with one attached hydrogen (secondary N) is 3. The summed E-state index contributed by atoms with van der Waals surface area (Å²) >= 11 is 3.93. The maximum absolute atomic E-state index is 11.9. The molecule has 2 aliphatic carbocycles. The minimum atomic E-state index is -0.289. The molecule has 0 unspecified atom stereocenters. The average Bonchev–Trinajstić information content (AvgIpc) is 3.32. The number of benzene rings is 1. The molecule has 35 heavy (non-hydrogen) atoms. The summed E-state index contributed by atoms with van der Waals surface area (Å²) in [4.78, 5) is 16.1. The number of carbonyl (C=O) groups excluding carboxylic acids is 1. The SMILES string of the molecule is Cc1cc(Nc2ccc(-c3ccc(C4CCC(NC(=O)OC(C)C)CC4)s3)c(SC3CC3)c2)n[nH]1. The van der Waals surface area contributed by atoms with E-state index in [1.54, 1.807) is 0 Å². The van der Waals surface area contributed by atoms with Crippen molar-refractivity contribution in [1.82, 2.24) is 15.5 Å². The number of carbonyl (C=O) groups is 1. The number of aryl methyl sites for hydroxylation is 1. The Bertz CT molecular complexity index is 1160. The zero-order valence-corrected chi connectivity index (χ0v) is 22.2. The molecule has 1 amide bonds.